The van der Waals surface area contributed by atoms with Crippen LogP contribution in [0.1, 0.15) is 34.6 Å². The van der Waals surface area contributed by atoms with Gasteiger partial charge in [-0.3, -0.25) is 4.79 Å². The van der Waals surface area contributed by atoms with Gasteiger partial charge in [0.1, 0.15) is 6.61 Å². The molecule has 18 heavy (non-hydrogen) atoms. The molecule has 6 heteroatoms. The lowest BCUT2D eigenvalue weighted by atomic mass is 9.80. The minimum absolute atomic E-state index is 0.145. The van der Waals surface area contributed by atoms with Crippen LogP contribution in [0.15, 0.2) is 10.3 Å². The number of amides is 1. The first-order valence-electron chi connectivity index (χ1n) is 5.89. The molecule has 0 spiro atoms. The number of hydrazone groups is 1. The molecule has 0 fully saturated rings. The van der Waals surface area contributed by atoms with E-state index in [0.29, 0.717) is 12.3 Å². The molecule has 102 valence electrons. The molecule has 0 aromatic carbocycles. The van der Waals surface area contributed by atoms with Crippen molar-refractivity contribution in [2.45, 2.75) is 38.9 Å². The first-order chi connectivity index (χ1) is 8.15. The van der Waals surface area contributed by atoms with Gasteiger partial charge in [-0.15, -0.1) is 0 Å². The molecule has 1 unspecified atom stereocenters. The molecule has 1 heterocycles. The summed E-state index contributed by atoms with van der Waals surface area (Å²) in [6, 6.07) is 0. The number of carbonyl (C=O) groups is 1. The number of alkyl halides is 1. The fourth-order valence-electron chi connectivity index (χ4n) is 1.81. The minimum Gasteiger partial charge on any atom is -0.396 e. The van der Waals surface area contributed by atoms with Crippen molar-refractivity contribution in [2.24, 2.45) is 15.7 Å². The lowest BCUT2D eigenvalue weighted by molar-refractivity contribution is -0.127. The van der Waals surface area contributed by atoms with Crippen LogP contribution < -0.4 is 0 Å². The third-order valence-corrected chi connectivity index (χ3v) is 3.99. The largest absolute Gasteiger partial charge is 0.396 e. The van der Waals surface area contributed by atoms with Crippen molar-refractivity contribution in [3.05, 3.63) is 0 Å². The summed E-state index contributed by atoms with van der Waals surface area (Å²) in [6.07, 6.45) is 0. The Kier molecular flexibility index (Phi) is 4.20. The summed E-state index contributed by atoms with van der Waals surface area (Å²) in [4.78, 5) is 17.4. The topological polar surface area (TPSA) is 54.3 Å². The van der Waals surface area contributed by atoms with E-state index in [1.54, 1.807) is 14.0 Å². The highest BCUT2D eigenvalue weighted by Crippen LogP contribution is 2.38. The molecule has 0 saturated heterocycles. The Morgan fingerprint density at radius 1 is 1.56 bits per heavy atom. The molecule has 0 bridgehead atoms. The lowest BCUT2D eigenvalue weighted by Crippen LogP contribution is -2.50. The van der Waals surface area contributed by atoms with Crippen LogP contribution in [-0.4, -0.2) is 40.3 Å². The fourth-order valence-corrected chi connectivity index (χ4v) is 2.81. The number of nitrogens with zero attached hydrogens (tertiary/aromatic N) is 3. The predicted molar refractivity (Wildman–Crippen MR) is 76.1 cm³/mol. The number of hydrogen-bond donors (Lipinski definition) is 0. The van der Waals surface area contributed by atoms with Crippen molar-refractivity contribution in [1.82, 2.24) is 5.01 Å². The molecule has 0 aromatic rings. The molecule has 0 radical (unpaired) electrons. The third-order valence-electron chi connectivity index (χ3n) is 2.70. The highest BCUT2D eigenvalue weighted by atomic mass is 79.9. The highest BCUT2D eigenvalue weighted by molar-refractivity contribution is 9.11. The van der Waals surface area contributed by atoms with Gasteiger partial charge in [0, 0.05) is 12.5 Å². The summed E-state index contributed by atoms with van der Waals surface area (Å²) in [5.41, 5.74) is 1.06. The normalized spacial score (nSPS) is 25.5. The second-order valence-electron chi connectivity index (χ2n) is 5.28. The Labute approximate surface area is 116 Å². The summed E-state index contributed by atoms with van der Waals surface area (Å²) < 4.78 is -0.991. The number of carbonyl (C=O) groups excluding carboxylic acids is 1. The highest BCUT2D eigenvalue weighted by Gasteiger charge is 2.54. The number of rotatable bonds is 3. The summed E-state index contributed by atoms with van der Waals surface area (Å²) in [5.74, 6) is -0.145. The average molecular weight is 318 g/mol. The van der Waals surface area contributed by atoms with Gasteiger partial charge in [-0.05, 0) is 13.8 Å². The molecular weight excluding hydrogens is 298 g/mol. The van der Waals surface area contributed by atoms with Gasteiger partial charge >= 0.3 is 0 Å². The quantitative estimate of drug-likeness (QED) is 0.456. The Hall–Kier alpha value is -0.910. The van der Waals surface area contributed by atoms with Crippen molar-refractivity contribution in [2.75, 3.05) is 13.7 Å². The van der Waals surface area contributed by atoms with Crippen molar-refractivity contribution in [3.63, 3.8) is 0 Å². The zero-order valence-corrected chi connectivity index (χ0v) is 13.3. The molecule has 1 amide bonds. The fraction of sp³-hybridized carbons (Fsp3) is 0.750. The van der Waals surface area contributed by atoms with Crippen LogP contribution in [-0.2, 0) is 9.63 Å². The molecule has 1 aliphatic heterocycles. The van der Waals surface area contributed by atoms with Crippen molar-refractivity contribution >= 4 is 33.3 Å². The van der Waals surface area contributed by atoms with Crippen LogP contribution in [0.4, 0.5) is 0 Å². The number of halogens is 1. The molecule has 0 aliphatic carbocycles. The van der Waals surface area contributed by atoms with E-state index in [1.165, 1.54) is 5.01 Å². The van der Waals surface area contributed by atoms with Gasteiger partial charge in [0.2, 0.25) is 0 Å². The lowest BCUT2D eigenvalue weighted by Gasteiger charge is -2.28. The smallest absolute Gasteiger partial charge is 0.271 e. The minimum atomic E-state index is -0.991. The molecule has 0 aromatic heterocycles. The van der Waals surface area contributed by atoms with Gasteiger partial charge in [-0.2, -0.15) is 5.10 Å². The van der Waals surface area contributed by atoms with E-state index in [1.807, 2.05) is 27.7 Å². The van der Waals surface area contributed by atoms with Gasteiger partial charge in [0.15, 0.2) is 4.32 Å². The molecule has 1 aliphatic rings. The van der Waals surface area contributed by atoms with E-state index < -0.39 is 4.32 Å². The summed E-state index contributed by atoms with van der Waals surface area (Å²) in [5, 5.41) is 9.67. The van der Waals surface area contributed by atoms with E-state index in [-0.39, 0.29) is 11.3 Å². The van der Waals surface area contributed by atoms with Crippen LogP contribution in [0.3, 0.4) is 0 Å². The van der Waals surface area contributed by atoms with Crippen LogP contribution in [0.25, 0.3) is 0 Å². The Morgan fingerprint density at radius 2 is 2.11 bits per heavy atom. The SMILES string of the molecule is CCON=C(C)C1(Br)C(=O)N(C)N=C1C(C)(C)C. The predicted octanol–water partition coefficient (Wildman–Crippen LogP) is 2.41. The molecule has 1 rings (SSSR count). The summed E-state index contributed by atoms with van der Waals surface area (Å²) in [7, 11) is 1.64. The monoisotopic (exact) mass is 317 g/mol. The maximum Gasteiger partial charge on any atom is 0.271 e. The Morgan fingerprint density at radius 3 is 2.56 bits per heavy atom. The van der Waals surface area contributed by atoms with Gasteiger partial charge in [-0.1, -0.05) is 41.9 Å². The van der Waals surface area contributed by atoms with Gasteiger partial charge in [0.25, 0.3) is 5.91 Å². The zero-order valence-electron chi connectivity index (χ0n) is 11.7. The molecular formula is C12H20BrN3O2. The zero-order chi connectivity index (χ0) is 14.1. The van der Waals surface area contributed by atoms with Crippen LogP contribution in [0.5, 0.6) is 0 Å². The molecule has 0 saturated carbocycles. The maximum absolute atomic E-state index is 12.3. The van der Waals surface area contributed by atoms with Crippen LogP contribution in [0, 0.1) is 5.41 Å². The number of hydrogen-bond acceptors (Lipinski definition) is 4. The molecule has 1 atom stereocenters. The first kappa shape index (κ1) is 15.1. The van der Waals surface area contributed by atoms with E-state index in [9.17, 15) is 4.79 Å². The van der Waals surface area contributed by atoms with E-state index >= 15 is 0 Å². The van der Waals surface area contributed by atoms with E-state index in [2.05, 4.69) is 26.2 Å². The molecule has 0 N–H and O–H groups in total. The standard InChI is InChI=1S/C12H20BrN3O2/c1-7-18-15-8(2)12(13)9(11(3,4)5)14-16(6)10(12)17/h7H2,1-6H3. The third kappa shape index (κ3) is 2.43. The first-order valence-corrected chi connectivity index (χ1v) is 6.68. The second-order valence-corrected chi connectivity index (χ2v) is 6.47. The van der Waals surface area contributed by atoms with Gasteiger partial charge < -0.3 is 4.84 Å². The van der Waals surface area contributed by atoms with Gasteiger partial charge in [0.05, 0.1) is 11.4 Å². The van der Waals surface area contributed by atoms with E-state index in [4.69, 9.17) is 4.84 Å². The Bertz CT molecular complexity index is 412. The Balaban J connectivity index is 3.26. The maximum atomic E-state index is 12.3. The van der Waals surface area contributed by atoms with Crippen molar-refractivity contribution < 1.29 is 9.63 Å². The summed E-state index contributed by atoms with van der Waals surface area (Å²) >= 11 is 3.52. The number of oxime groups is 1. The van der Waals surface area contributed by atoms with E-state index in [0.717, 1.165) is 5.71 Å². The van der Waals surface area contributed by atoms with Crippen LogP contribution in [0.2, 0.25) is 0 Å². The summed E-state index contributed by atoms with van der Waals surface area (Å²) in [6.45, 7) is 10.1. The van der Waals surface area contributed by atoms with Crippen molar-refractivity contribution in [3.8, 4) is 0 Å². The van der Waals surface area contributed by atoms with Crippen LogP contribution >= 0.6 is 15.9 Å². The average Bonchev–Trinajstić information content (AvgIpc) is 2.51. The van der Waals surface area contributed by atoms with Crippen molar-refractivity contribution in [1.29, 1.82) is 0 Å². The molecule has 5 nitrogen and oxygen atoms in total. The second kappa shape index (κ2) is 4.99. The van der Waals surface area contributed by atoms with Gasteiger partial charge in [-0.25, -0.2) is 5.01 Å².